The zero-order valence-corrected chi connectivity index (χ0v) is 8.58. The lowest BCUT2D eigenvalue weighted by Gasteiger charge is -2.08. The molecule has 1 rings (SSSR count). The van der Waals surface area contributed by atoms with E-state index in [4.69, 9.17) is 11.6 Å². The van der Waals surface area contributed by atoms with Crippen molar-refractivity contribution in [3.05, 3.63) is 30.1 Å². The molecule has 4 heteroatoms. The van der Waals surface area contributed by atoms with Gasteiger partial charge in [-0.1, -0.05) is 0 Å². The molecule has 0 aliphatic heterocycles. The van der Waals surface area contributed by atoms with Crippen LogP contribution < -0.4 is 0 Å². The molecule has 0 radical (unpaired) electrons. The number of rotatable bonds is 4. The third-order valence-electron chi connectivity index (χ3n) is 1.54. The lowest BCUT2D eigenvalue weighted by Crippen LogP contribution is -2.07. The van der Waals surface area contributed by atoms with Crippen LogP contribution in [0.25, 0.3) is 0 Å². The van der Waals surface area contributed by atoms with Gasteiger partial charge < -0.3 is 4.55 Å². The second kappa shape index (κ2) is 5.47. The Labute approximate surface area is 85.1 Å². The van der Waals surface area contributed by atoms with Crippen LogP contribution in [-0.4, -0.2) is 16.2 Å². The molecule has 13 heavy (non-hydrogen) atoms. The van der Waals surface area contributed by atoms with E-state index in [1.54, 1.807) is 12.1 Å². The van der Waals surface area contributed by atoms with Crippen molar-refractivity contribution in [3.63, 3.8) is 0 Å². The van der Waals surface area contributed by atoms with Crippen molar-refractivity contribution in [3.8, 4) is 0 Å². The van der Waals surface area contributed by atoms with Crippen LogP contribution in [0, 0.1) is 5.82 Å². The maximum Gasteiger partial charge on any atom is 0.152 e. The van der Waals surface area contributed by atoms with Crippen LogP contribution in [0.2, 0.25) is 0 Å². The quantitative estimate of drug-likeness (QED) is 0.565. The van der Waals surface area contributed by atoms with Gasteiger partial charge in [-0.15, -0.1) is 11.6 Å². The Morgan fingerprint density at radius 3 is 2.46 bits per heavy atom. The molecule has 0 aliphatic carbocycles. The van der Waals surface area contributed by atoms with E-state index in [0.29, 0.717) is 22.9 Å². The zero-order valence-electron chi connectivity index (χ0n) is 7.00. The fraction of sp³-hybridized carbons (Fsp3) is 0.333. The Balaban J connectivity index is 2.55. The third-order valence-corrected chi connectivity index (χ3v) is 3.26. The molecule has 0 aromatic heterocycles. The van der Waals surface area contributed by atoms with E-state index in [1.807, 2.05) is 0 Å². The van der Waals surface area contributed by atoms with E-state index in [1.165, 1.54) is 12.1 Å². The largest absolute Gasteiger partial charge is 0.611 e. The van der Waals surface area contributed by atoms with Crippen LogP contribution in [-0.2, 0) is 11.2 Å². The average molecular weight is 221 g/mol. The fourth-order valence-electron chi connectivity index (χ4n) is 0.890. The fourth-order valence-corrected chi connectivity index (χ4v) is 2.26. The summed E-state index contributed by atoms with van der Waals surface area (Å²) in [5, 5.41) is 0. The summed E-state index contributed by atoms with van der Waals surface area (Å²) in [4.78, 5) is 0.659. The third kappa shape index (κ3) is 3.55. The van der Waals surface area contributed by atoms with Crippen molar-refractivity contribution in [2.75, 3.05) is 11.6 Å². The van der Waals surface area contributed by atoms with Crippen molar-refractivity contribution >= 4 is 22.8 Å². The van der Waals surface area contributed by atoms with Gasteiger partial charge in [-0.05, 0) is 35.4 Å². The summed E-state index contributed by atoms with van der Waals surface area (Å²) >= 11 is 4.42. The predicted molar refractivity (Wildman–Crippen MR) is 53.0 cm³/mol. The molecule has 1 atom stereocenters. The van der Waals surface area contributed by atoms with E-state index in [-0.39, 0.29) is 5.82 Å². The molecule has 1 nitrogen and oxygen atoms in total. The summed E-state index contributed by atoms with van der Waals surface area (Å²) in [6.07, 6.45) is 0.714. The van der Waals surface area contributed by atoms with Crippen LogP contribution >= 0.6 is 11.6 Å². The highest BCUT2D eigenvalue weighted by Gasteiger charge is 2.09. The molecule has 0 saturated heterocycles. The van der Waals surface area contributed by atoms with Gasteiger partial charge in [0.15, 0.2) is 4.90 Å². The van der Waals surface area contributed by atoms with Crippen molar-refractivity contribution in [2.24, 2.45) is 0 Å². The van der Waals surface area contributed by atoms with Crippen LogP contribution in [0.5, 0.6) is 0 Å². The molecule has 1 aromatic rings. The van der Waals surface area contributed by atoms with Crippen LogP contribution in [0.1, 0.15) is 6.42 Å². The Hall–Kier alpha value is -0.250. The molecule has 1 aromatic carbocycles. The van der Waals surface area contributed by atoms with Crippen molar-refractivity contribution in [1.82, 2.24) is 0 Å². The number of benzene rings is 1. The molecule has 0 aliphatic rings. The highest BCUT2D eigenvalue weighted by atomic mass is 35.5. The Kier molecular flexibility index (Phi) is 4.56. The van der Waals surface area contributed by atoms with Crippen molar-refractivity contribution in [2.45, 2.75) is 11.3 Å². The van der Waals surface area contributed by atoms with Gasteiger partial charge in [0.2, 0.25) is 0 Å². The summed E-state index contributed by atoms with van der Waals surface area (Å²) in [7, 11) is 0. The molecule has 0 fully saturated rings. The molecule has 0 heterocycles. The van der Waals surface area contributed by atoms with E-state index < -0.39 is 11.2 Å². The Morgan fingerprint density at radius 2 is 1.92 bits per heavy atom. The summed E-state index contributed by atoms with van der Waals surface area (Å²) < 4.78 is 23.9. The van der Waals surface area contributed by atoms with Gasteiger partial charge in [-0.2, -0.15) is 0 Å². The van der Waals surface area contributed by atoms with E-state index >= 15 is 0 Å². The first-order valence-corrected chi connectivity index (χ1v) is 5.79. The predicted octanol–water partition coefficient (Wildman–Crippen LogP) is 2.56. The number of hydrogen-bond donors (Lipinski definition) is 0. The smallest absolute Gasteiger partial charge is 0.152 e. The first kappa shape index (κ1) is 10.8. The topological polar surface area (TPSA) is 23.1 Å². The number of halogens is 2. The minimum absolute atomic E-state index is 0.307. The molecular weight excluding hydrogens is 211 g/mol. The first-order chi connectivity index (χ1) is 6.24. The van der Waals surface area contributed by atoms with Gasteiger partial charge in [0.25, 0.3) is 0 Å². The minimum atomic E-state index is -1.04. The van der Waals surface area contributed by atoms with E-state index in [9.17, 15) is 8.94 Å². The lowest BCUT2D eigenvalue weighted by molar-refractivity contribution is 0.592. The monoisotopic (exact) mass is 220 g/mol. The van der Waals surface area contributed by atoms with Gasteiger partial charge in [0.1, 0.15) is 11.6 Å². The highest BCUT2D eigenvalue weighted by molar-refractivity contribution is 7.91. The minimum Gasteiger partial charge on any atom is -0.611 e. The molecule has 1 unspecified atom stereocenters. The number of hydrogen-bond acceptors (Lipinski definition) is 1. The standard InChI is InChI=1S/C9H10ClFOS/c10-6-1-7-13(12)9-4-2-8(11)3-5-9/h2-5H,1,6-7H2. The van der Waals surface area contributed by atoms with Gasteiger partial charge in [0, 0.05) is 12.3 Å². The second-order valence-electron chi connectivity index (χ2n) is 2.55. The zero-order chi connectivity index (χ0) is 9.68. The Bertz CT molecular complexity index is 252. The van der Waals surface area contributed by atoms with Crippen LogP contribution in [0.4, 0.5) is 4.39 Å². The van der Waals surface area contributed by atoms with Crippen molar-refractivity contribution < 1.29 is 8.94 Å². The average Bonchev–Trinajstić information content (AvgIpc) is 2.15. The van der Waals surface area contributed by atoms with Gasteiger partial charge >= 0.3 is 0 Å². The maximum absolute atomic E-state index is 12.5. The number of alkyl halides is 1. The van der Waals surface area contributed by atoms with Crippen LogP contribution in [0.15, 0.2) is 29.2 Å². The molecular formula is C9H10ClFOS. The molecule has 0 spiro atoms. The van der Waals surface area contributed by atoms with Gasteiger partial charge in [0.05, 0.1) is 0 Å². The van der Waals surface area contributed by atoms with Gasteiger partial charge in [-0.3, -0.25) is 0 Å². The van der Waals surface area contributed by atoms with E-state index in [0.717, 1.165) is 0 Å². The summed E-state index contributed by atoms with van der Waals surface area (Å²) in [5.74, 6) is 0.736. The van der Waals surface area contributed by atoms with Crippen molar-refractivity contribution in [1.29, 1.82) is 0 Å². The maximum atomic E-state index is 12.5. The van der Waals surface area contributed by atoms with E-state index in [2.05, 4.69) is 0 Å². The summed E-state index contributed by atoms with van der Waals surface area (Å²) in [6.45, 7) is 0. The lowest BCUT2D eigenvalue weighted by atomic mass is 10.4. The molecule has 0 saturated carbocycles. The molecule has 0 N–H and O–H groups in total. The Morgan fingerprint density at radius 1 is 1.31 bits per heavy atom. The SMILES string of the molecule is [O-][S+](CCCCl)c1ccc(F)cc1. The second-order valence-corrected chi connectivity index (χ2v) is 4.49. The molecule has 0 amide bonds. The van der Waals surface area contributed by atoms with Gasteiger partial charge in [-0.25, -0.2) is 4.39 Å². The summed E-state index contributed by atoms with van der Waals surface area (Å²) in [6, 6.07) is 5.71. The summed E-state index contributed by atoms with van der Waals surface area (Å²) in [5.41, 5.74) is 0. The molecule has 72 valence electrons. The first-order valence-electron chi connectivity index (χ1n) is 3.94. The normalized spacial score (nSPS) is 12.8. The molecule has 0 bridgehead atoms. The highest BCUT2D eigenvalue weighted by Crippen LogP contribution is 2.12. The van der Waals surface area contributed by atoms with Crippen LogP contribution in [0.3, 0.4) is 0 Å².